The normalized spacial score (nSPS) is 17.0. The van der Waals surface area contributed by atoms with E-state index < -0.39 is 0 Å². The van der Waals surface area contributed by atoms with Gasteiger partial charge in [-0.3, -0.25) is 4.79 Å². The molecule has 0 aliphatic carbocycles. The number of benzene rings is 3. The molecule has 3 aromatic carbocycles. The second-order valence-corrected chi connectivity index (χ2v) is 7.23. The minimum Gasteiger partial charge on any atom is -0.425 e. The fourth-order valence-corrected chi connectivity index (χ4v) is 3.98. The van der Waals surface area contributed by atoms with Gasteiger partial charge in [0.15, 0.2) is 0 Å². The summed E-state index contributed by atoms with van der Waals surface area (Å²) >= 11 is 0. The van der Waals surface area contributed by atoms with Crippen molar-refractivity contribution in [1.29, 1.82) is 0 Å². The quantitative estimate of drug-likeness (QED) is 0.212. The van der Waals surface area contributed by atoms with Gasteiger partial charge in [0.25, 0.3) is 0 Å². The molecule has 0 saturated carbocycles. The standard InChI is InChI=1S/C22H18N2O2/c1-12(2)15-11-18(25)26-22-14-8-4-3-7-13(14)20-21(19(15)22)24-17-10-6-5-9-16(17)23-20/h3-10,12,15H,11H2,1-2H3. The van der Waals surface area contributed by atoms with Gasteiger partial charge in [-0.25, -0.2) is 9.97 Å². The molecule has 0 radical (unpaired) electrons. The van der Waals surface area contributed by atoms with Crippen LogP contribution in [-0.2, 0) is 4.79 Å². The molecule has 26 heavy (non-hydrogen) atoms. The molecule has 1 unspecified atom stereocenters. The molecule has 1 aliphatic rings. The number of rotatable bonds is 1. The molecule has 4 heteroatoms. The Kier molecular flexibility index (Phi) is 3.23. The van der Waals surface area contributed by atoms with Gasteiger partial charge < -0.3 is 4.74 Å². The third-order valence-corrected chi connectivity index (χ3v) is 5.28. The van der Waals surface area contributed by atoms with E-state index in [1.165, 1.54) is 0 Å². The summed E-state index contributed by atoms with van der Waals surface area (Å²) in [5.41, 5.74) is 4.48. The second kappa shape index (κ2) is 5.49. The van der Waals surface area contributed by atoms with Crippen LogP contribution in [0.3, 0.4) is 0 Å². The molecule has 5 rings (SSSR count). The van der Waals surface area contributed by atoms with Crippen molar-refractivity contribution in [2.45, 2.75) is 26.2 Å². The number of carbonyl (C=O) groups is 1. The Hall–Kier alpha value is -3.01. The number of hydrogen-bond donors (Lipinski definition) is 0. The monoisotopic (exact) mass is 342 g/mol. The smallest absolute Gasteiger partial charge is 0.311 e. The number of hydrogen-bond acceptors (Lipinski definition) is 4. The van der Waals surface area contributed by atoms with E-state index in [4.69, 9.17) is 14.7 Å². The van der Waals surface area contributed by atoms with Crippen molar-refractivity contribution in [1.82, 2.24) is 9.97 Å². The largest absolute Gasteiger partial charge is 0.425 e. The fourth-order valence-electron chi connectivity index (χ4n) is 3.98. The average Bonchev–Trinajstić information content (AvgIpc) is 2.66. The van der Waals surface area contributed by atoms with Crippen LogP contribution < -0.4 is 4.74 Å². The molecule has 1 atom stereocenters. The molecule has 4 aromatic rings. The molecule has 128 valence electrons. The minimum absolute atomic E-state index is 0.0776. The van der Waals surface area contributed by atoms with E-state index in [0.717, 1.165) is 38.4 Å². The van der Waals surface area contributed by atoms with E-state index >= 15 is 0 Å². The van der Waals surface area contributed by atoms with Gasteiger partial charge in [0.05, 0.1) is 28.5 Å². The van der Waals surface area contributed by atoms with Crippen molar-refractivity contribution < 1.29 is 9.53 Å². The van der Waals surface area contributed by atoms with Crippen molar-refractivity contribution in [2.75, 3.05) is 0 Å². The van der Waals surface area contributed by atoms with Gasteiger partial charge in [0.1, 0.15) is 5.75 Å². The maximum Gasteiger partial charge on any atom is 0.311 e. The van der Waals surface area contributed by atoms with E-state index in [1.54, 1.807) is 0 Å². The number of aromatic nitrogens is 2. The molecular weight excluding hydrogens is 324 g/mol. The topological polar surface area (TPSA) is 52.1 Å². The first-order chi connectivity index (χ1) is 12.6. The van der Waals surface area contributed by atoms with Gasteiger partial charge in [-0.15, -0.1) is 0 Å². The molecular formula is C22H18N2O2. The minimum atomic E-state index is -0.172. The summed E-state index contributed by atoms with van der Waals surface area (Å²) in [6.45, 7) is 4.28. The van der Waals surface area contributed by atoms with Gasteiger partial charge in [0, 0.05) is 22.3 Å². The van der Waals surface area contributed by atoms with Crippen LogP contribution in [-0.4, -0.2) is 15.9 Å². The Bertz CT molecular complexity index is 1200. The first kappa shape index (κ1) is 15.3. The first-order valence-electron chi connectivity index (χ1n) is 8.95. The summed E-state index contributed by atoms with van der Waals surface area (Å²) in [7, 11) is 0. The summed E-state index contributed by atoms with van der Waals surface area (Å²) < 4.78 is 5.74. The maximum atomic E-state index is 12.3. The van der Waals surface area contributed by atoms with Crippen LogP contribution in [0.25, 0.3) is 32.8 Å². The van der Waals surface area contributed by atoms with E-state index in [9.17, 15) is 4.79 Å². The Labute approximate surface area is 150 Å². The third-order valence-electron chi connectivity index (χ3n) is 5.28. The van der Waals surface area contributed by atoms with Gasteiger partial charge in [-0.2, -0.15) is 0 Å². The summed E-state index contributed by atoms with van der Waals surface area (Å²) in [5, 5.41) is 1.90. The van der Waals surface area contributed by atoms with Crippen LogP contribution in [0.5, 0.6) is 5.75 Å². The lowest BCUT2D eigenvalue weighted by atomic mass is 9.81. The van der Waals surface area contributed by atoms with Crippen LogP contribution in [0.2, 0.25) is 0 Å². The highest BCUT2D eigenvalue weighted by molar-refractivity contribution is 6.12. The molecule has 1 aromatic heterocycles. The highest BCUT2D eigenvalue weighted by atomic mass is 16.5. The maximum absolute atomic E-state index is 12.3. The van der Waals surface area contributed by atoms with E-state index in [1.807, 2.05) is 48.5 Å². The molecule has 4 nitrogen and oxygen atoms in total. The predicted molar refractivity (Wildman–Crippen MR) is 102 cm³/mol. The Balaban J connectivity index is 2.02. The molecule has 0 saturated heterocycles. The average molecular weight is 342 g/mol. The van der Waals surface area contributed by atoms with Gasteiger partial charge >= 0.3 is 5.97 Å². The van der Waals surface area contributed by atoms with Crippen molar-refractivity contribution in [3.63, 3.8) is 0 Å². The van der Waals surface area contributed by atoms with Gasteiger partial charge in [-0.05, 0) is 18.1 Å². The Morgan fingerprint density at radius 3 is 2.23 bits per heavy atom. The zero-order valence-electron chi connectivity index (χ0n) is 14.7. The van der Waals surface area contributed by atoms with Crippen molar-refractivity contribution >= 4 is 38.8 Å². The summed E-state index contributed by atoms with van der Waals surface area (Å²) in [4.78, 5) is 22.1. The zero-order valence-corrected chi connectivity index (χ0v) is 14.7. The fraction of sp³-hybridized carbons (Fsp3) is 0.227. The lowest BCUT2D eigenvalue weighted by Crippen LogP contribution is -2.24. The van der Waals surface area contributed by atoms with Crippen LogP contribution >= 0.6 is 0 Å². The lowest BCUT2D eigenvalue weighted by molar-refractivity contribution is -0.136. The number of fused-ring (bicyclic) bond motifs is 7. The molecule has 0 bridgehead atoms. The number of nitrogens with zero attached hydrogens (tertiary/aromatic N) is 2. The number of para-hydroxylation sites is 2. The van der Waals surface area contributed by atoms with Crippen molar-refractivity contribution in [3.8, 4) is 5.75 Å². The molecule has 0 fully saturated rings. The molecule has 0 spiro atoms. The molecule has 0 amide bonds. The summed E-state index contributed by atoms with van der Waals surface area (Å²) in [6.07, 6.45) is 0.382. The highest BCUT2D eigenvalue weighted by Gasteiger charge is 2.34. The molecule has 2 heterocycles. The Morgan fingerprint density at radius 1 is 0.923 bits per heavy atom. The first-order valence-corrected chi connectivity index (χ1v) is 8.95. The number of esters is 1. The summed E-state index contributed by atoms with van der Waals surface area (Å²) in [5.74, 6) is 0.870. The van der Waals surface area contributed by atoms with Gasteiger partial charge in [-0.1, -0.05) is 50.2 Å². The summed E-state index contributed by atoms with van der Waals surface area (Å²) in [6, 6.07) is 15.9. The van der Waals surface area contributed by atoms with Gasteiger partial charge in [0.2, 0.25) is 0 Å². The van der Waals surface area contributed by atoms with E-state index in [0.29, 0.717) is 18.1 Å². The number of carbonyl (C=O) groups excluding carboxylic acids is 1. The van der Waals surface area contributed by atoms with Crippen LogP contribution in [0.1, 0.15) is 31.7 Å². The Morgan fingerprint density at radius 2 is 1.54 bits per heavy atom. The molecule has 1 aliphatic heterocycles. The third kappa shape index (κ3) is 2.11. The van der Waals surface area contributed by atoms with E-state index in [-0.39, 0.29) is 11.9 Å². The van der Waals surface area contributed by atoms with Crippen molar-refractivity contribution in [3.05, 3.63) is 54.1 Å². The SMILES string of the molecule is CC(C)C1CC(=O)Oc2c1c1nc3ccccc3nc1c1ccccc21. The van der Waals surface area contributed by atoms with Crippen LogP contribution in [0.4, 0.5) is 0 Å². The lowest BCUT2D eigenvalue weighted by Gasteiger charge is -2.29. The van der Waals surface area contributed by atoms with Crippen LogP contribution in [0.15, 0.2) is 48.5 Å². The van der Waals surface area contributed by atoms with E-state index in [2.05, 4.69) is 13.8 Å². The molecule has 0 N–H and O–H groups in total. The second-order valence-electron chi connectivity index (χ2n) is 7.23. The number of ether oxygens (including phenoxy) is 1. The van der Waals surface area contributed by atoms with Crippen molar-refractivity contribution in [2.24, 2.45) is 5.92 Å². The predicted octanol–water partition coefficient (Wildman–Crippen LogP) is 4.98. The zero-order chi connectivity index (χ0) is 17.8. The van der Waals surface area contributed by atoms with Crippen LogP contribution in [0, 0.1) is 5.92 Å². The highest BCUT2D eigenvalue weighted by Crippen LogP contribution is 2.47.